The van der Waals surface area contributed by atoms with Gasteiger partial charge in [0.2, 0.25) is 5.71 Å². The molecule has 1 aromatic rings. The molecule has 1 rings (SSSR count). The normalized spacial score (nSPS) is 10.1. The molecule has 0 aliphatic heterocycles. The molecule has 0 fully saturated rings. The molecule has 0 aliphatic carbocycles. The molecule has 0 unspecified atom stereocenters. The molecule has 1 aromatic carbocycles. The van der Waals surface area contributed by atoms with Crippen LogP contribution in [0.2, 0.25) is 5.02 Å². The number of hydrazone groups is 1. The van der Waals surface area contributed by atoms with Gasteiger partial charge >= 0.3 is 6.18 Å². The number of hydrogen-bond acceptors (Lipinski definition) is 5. The average Bonchev–Trinajstić information content (AvgIpc) is 2.39. The van der Waals surface area contributed by atoms with E-state index >= 15 is 0 Å². The fourth-order valence-corrected chi connectivity index (χ4v) is 1.32. The lowest BCUT2D eigenvalue weighted by Gasteiger charge is -2.10. The number of hydrogen-bond donors (Lipinski definition) is 1. The molecule has 0 amide bonds. The molecule has 5 nitrogen and oxygen atoms in total. The number of ketones is 1. The van der Waals surface area contributed by atoms with E-state index in [1.165, 1.54) is 18.2 Å². The summed E-state index contributed by atoms with van der Waals surface area (Å²) < 4.78 is 37.3. The van der Waals surface area contributed by atoms with Gasteiger partial charge in [0, 0.05) is 5.02 Å². The van der Waals surface area contributed by atoms with Crippen molar-refractivity contribution < 1.29 is 18.0 Å². The van der Waals surface area contributed by atoms with Gasteiger partial charge in [-0.05, 0) is 18.2 Å². The van der Waals surface area contributed by atoms with Crippen molar-refractivity contribution in [2.75, 3.05) is 5.43 Å². The van der Waals surface area contributed by atoms with Gasteiger partial charge in [-0.3, -0.25) is 10.2 Å². The second kappa shape index (κ2) is 6.04. The van der Waals surface area contributed by atoms with E-state index in [1.807, 2.05) is 0 Å². The Bertz CT molecular complexity index is 639. The molecule has 0 saturated heterocycles. The van der Waals surface area contributed by atoms with Crippen molar-refractivity contribution in [3.63, 3.8) is 0 Å². The number of anilines is 1. The minimum Gasteiger partial charge on any atom is -0.284 e. The van der Waals surface area contributed by atoms with Gasteiger partial charge in [0.25, 0.3) is 5.78 Å². The van der Waals surface area contributed by atoms with E-state index in [1.54, 1.807) is 0 Å². The maximum Gasteiger partial charge on any atom is 0.454 e. The maximum atomic E-state index is 12.4. The van der Waals surface area contributed by atoms with Crippen LogP contribution in [0.15, 0.2) is 23.3 Å². The summed E-state index contributed by atoms with van der Waals surface area (Å²) in [4.78, 5) is 11.2. The highest BCUT2D eigenvalue weighted by atomic mass is 35.5. The Morgan fingerprint density at radius 3 is 2.40 bits per heavy atom. The van der Waals surface area contributed by atoms with Crippen molar-refractivity contribution in [3.8, 4) is 12.1 Å². The number of nitrogens with zero attached hydrogens (tertiary/aromatic N) is 3. The van der Waals surface area contributed by atoms with Crippen molar-refractivity contribution >= 4 is 28.8 Å². The first kappa shape index (κ1) is 15.5. The van der Waals surface area contributed by atoms with Gasteiger partial charge in [0.05, 0.1) is 11.3 Å². The van der Waals surface area contributed by atoms with E-state index in [-0.39, 0.29) is 10.7 Å². The van der Waals surface area contributed by atoms with Crippen molar-refractivity contribution in [1.29, 1.82) is 10.5 Å². The lowest BCUT2D eigenvalue weighted by Crippen LogP contribution is -2.23. The lowest BCUT2D eigenvalue weighted by atomic mass is 10.1. The monoisotopic (exact) mass is 300 g/mol. The second-order valence-corrected chi connectivity index (χ2v) is 3.75. The minimum absolute atomic E-state index is 0.0760. The molecule has 9 heteroatoms. The second-order valence-electron chi connectivity index (χ2n) is 3.31. The third kappa shape index (κ3) is 3.70. The topological polar surface area (TPSA) is 89.0 Å². The Morgan fingerprint density at radius 2 is 1.90 bits per heavy atom. The summed E-state index contributed by atoms with van der Waals surface area (Å²) >= 11 is 5.54. The Balaban J connectivity index is 3.23. The van der Waals surface area contributed by atoms with E-state index in [2.05, 4.69) is 10.5 Å². The van der Waals surface area contributed by atoms with Crippen molar-refractivity contribution in [3.05, 3.63) is 28.8 Å². The number of carbonyl (C=O) groups is 1. The average molecular weight is 301 g/mol. The number of nitriles is 2. The SMILES string of the molecule is N#CC(C#N)=NNc1ccc(Cl)cc1C(=O)C(F)(F)F. The van der Waals surface area contributed by atoms with E-state index < -0.39 is 23.2 Å². The first-order chi connectivity index (χ1) is 9.29. The van der Waals surface area contributed by atoms with Gasteiger partial charge in [0.15, 0.2) is 0 Å². The summed E-state index contributed by atoms with van der Waals surface area (Å²) in [5.41, 5.74) is 0.373. The highest BCUT2D eigenvalue weighted by Gasteiger charge is 2.40. The smallest absolute Gasteiger partial charge is 0.284 e. The zero-order chi connectivity index (χ0) is 15.3. The number of halogens is 4. The van der Waals surface area contributed by atoms with E-state index in [0.29, 0.717) is 0 Å². The molecule has 0 heterocycles. The minimum atomic E-state index is -5.09. The molecule has 0 aliphatic rings. The Morgan fingerprint density at radius 1 is 1.30 bits per heavy atom. The van der Waals surface area contributed by atoms with Crippen LogP contribution in [-0.4, -0.2) is 17.7 Å². The summed E-state index contributed by atoms with van der Waals surface area (Å²) in [6.45, 7) is 0. The molecule has 0 spiro atoms. The highest BCUT2D eigenvalue weighted by Crippen LogP contribution is 2.28. The van der Waals surface area contributed by atoms with Crippen molar-refractivity contribution in [2.24, 2.45) is 5.10 Å². The molecular weight excluding hydrogens is 297 g/mol. The van der Waals surface area contributed by atoms with Gasteiger partial charge < -0.3 is 0 Å². The maximum absolute atomic E-state index is 12.4. The number of nitrogens with one attached hydrogen (secondary N) is 1. The van der Waals surface area contributed by atoms with E-state index in [4.69, 9.17) is 22.1 Å². The van der Waals surface area contributed by atoms with Crippen LogP contribution >= 0.6 is 11.6 Å². The van der Waals surface area contributed by atoms with Crippen LogP contribution in [0.25, 0.3) is 0 Å². The molecule has 0 atom stereocenters. The fourth-order valence-electron chi connectivity index (χ4n) is 1.15. The van der Waals surface area contributed by atoms with Gasteiger partial charge in [-0.25, -0.2) is 0 Å². The van der Waals surface area contributed by atoms with Crippen LogP contribution in [0, 0.1) is 22.7 Å². The summed E-state index contributed by atoms with van der Waals surface area (Å²) in [5, 5.41) is 20.1. The lowest BCUT2D eigenvalue weighted by molar-refractivity contribution is -0.0884. The first-order valence-corrected chi connectivity index (χ1v) is 5.22. The molecule has 0 aromatic heterocycles. The largest absolute Gasteiger partial charge is 0.454 e. The number of benzene rings is 1. The van der Waals surface area contributed by atoms with Crippen LogP contribution in [0.5, 0.6) is 0 Å². The number of carbonyl (C=O) groups excluding carboxylic acids is 1. The molecule has 0 bridgehead atoms. The summed E-state index contributed by atoms with van der Waals surface area (Å²) in [7, 11) is 0. The Kier molecular flexibility index (Phi) is 4.68. The highest BCUT2D eigenvalue weighted by molar-refractivity contribution is 6.31. The van der Waals surface area contributed by atoms with Crippen LogP contribution in [0.3, 0.4) is 0 Å². The third-order valence-electron chi connectivity index (χ3n) is 1.98. The molecule has 0 radical (unpaired) electrons. The van der Waals surface area contributed by atoms with Crippen LogP contribution in [0.1, 0.15) is 10.4 Å². The third-order valence-corrected chi connectivity index (χ3v) is 2.22. The number of rotatable bonds is 3. The molecular formula is C11H4ClF3N4O. The van der Waals surface area contributed by atoms with E-state index in [0.717, 1.165) is 12.1 Å². The summed E-state index contributed by atoms with van der Waals surface area (Å²) in [6.07, 6.45) is -5.09. The van der Waals surface area contributed by atoms with Crippen molar-refractivity contribution in [1.82, 2.24) is 0 Å². The van der Waals surface area contributed by atoms with E-state index in [9.17, 15) is 18.0 Å². The Labute approximate surface area is 115 Å². The number of Topliss-reactive ketones (excluding diaryl/α,β-unsaturated/α-hetero) is 1. The van der Waals surface area contributed by atoms with Crippen molar-refractivity contribution in [2.45, 2.75) is 6.18 Å². The van der Waals surface area contributed by atoms with Gasteiger partial charge in [-0.1, -0.05) is 11.6 Å². The Hall–Kier alpha value is -2.58. The predicted octanol–water partition coefficient (Wildman–Crippen LogP) is 2.90. The zero-order valence-corrected chi connectivity index (χ0v) is 10.2. The fraction of sp³-hybridized carbons (Fsp3) is 0.0909. The molecule has 0 saturated carbocycles. The number of alkyl halides is 3. The van der Waals surface area contributed by atoms with Crippen LogP contribution in [-0.2, 0) is 0 Å². The van der Waals surface area contributed by atoms with Gasteiger partial charge in [-0.15, -0.1) is 0 Å². The summed E-state index contributed by atoms with van der Waals surface area (Å²) in [6, 6.07) is 5.93. The molecule has 102 valence electrons. The van der Waals surface area contributed by atoms with Crippen LogP contribution in [0.4, 0.5) is 18.9 Å². The van der Waals surface area contributed by atoms with Gasteiger partial charge in [0.1, 0.15) is 12.1 Å². The standard InChI is InChI=1S/C11H4ClF3N4O/c12-6-1-2-9(19-18-7(4-16)5-17)8(3-6)10(20)11(13,14)15/h1-3,19H. The molecule has 20 heavy (non-hydrogen) atoms. The van der Waals surface area contributed by atoms with Gasteiger partial charge in [-0.2, -0.15) is 28.8 Å². The summed E-state index contributed by atoms with van der Waals surface area (Å²) in [5.74, 6) is -2.12. The molecule has 1 N–H and O–H groups in total. The first-order valence-electron chi connectivity index (χ1n) is 4.84. The zero-order valence-electron chi connectivity index (χ0n) is 9.49. The quantitative estimate of drug-likeness (QED) is 0.528. The van der Waals surface area contributed by atoms with Crippen LogP contribution < -0.4 is 5.43 Å². The predicted molar refractivity (Wildman–Crippen MR) is 64.1 cm³/mol.